The van der Waals surface area contributed by atoms with Gasteiger partial charge in [-0.15, -0.1) is 15.3 Å². The Morgan fingerprint density at radius 2 is 2.06 bits per heavy atom. The SMILES string of the molecule is OC[C@H]1C[C@H](n2cc(-c3cc(F)c(F)c(F)c3)nn2)[C@@H](OCc2nn[nH]n2)[C@]2(CCCO2)O1. The molecule has 1 spiro atoms. The maximum absolute atomic E-state index is 13.7. The number of tetrazole rings is 1. The van der Waals surface area contributed by atoms with Gasteiger partial charge in [-0.25, -0.2) is 17.9 Å². The van der Waals surface area contributed by atoms with E-state index in [0.717, 1.165) is 18.6 Å². The Kier molecular flexibility index (Phi) is 5.82. The van der Waals surface area contributed by atoms with Crippen LogP contribution in [-0.2, 0) is 20.8 Å². The number of nitrogens with one attached hydrogen (secondary N) is 1. The molecule has 2 fully saturated rings. The van der Waals surface area contributed by atoms with Crippen LogP contribution in [0.5, 0.6) is 0 Å². The molecule has 0 saturated carbocycles. The van der Waals surface area contributed by atoms with Gasteiger partial charge in [-0.05, 0) is 18.6 Å². The molecule has 176 valence electrons. The fourth-order valence-electron chi connectivity index (χ4n) is 4.32. The summed E-state index contributed by atoms with van der Waals surface area (Å²) < 4.78 is 60.4. The Balaban J connectivity index is 1.48. The number of hydrogen-bond acceptors (Lipinski definition) is 9. The first-order valence-corrected chi connectivity index (χ1v) is 10.3. The van der Waals surface area contributed by atoms with Crippen LogP contribution in [0.25, 0.3) is 11.3 Å². The summed E-state index contributed by atoms with van der Waals surface area (Å²) in [5.74, 6) is -5.03. The second-order valence-electron chi connectivity index (χ2n) is 7.89. The summed E-state index contributed by atoms with van der Waals surface area (Å²) in [6.07, 6.45) is 1.76. The minimum absolute atomic E-state index is 0.00582. The third kappa shape index (κ3) is 4.10. The molecule has 2 aliphatic rings. The van der Waals surface area contributed by atoms with Crippen molar-refractivity contribution in [2.75, 3.05) is 13.2 Å². The number of aliphatic hydroxyl groups is 1. The van der Waals surface area contributed by atoms with Crippen molar-refractivity contribution < 1.29 is 32.5 Å². The van der Waals surface area contributed by atoms with Crippen molar-refractivity contribution in [3.8, 4) is 11.3 Å². The number of aromatic amines is 1. The molecule has 5 rings (SSSR count). The summed E-state index contributed by atoms with van der Waals surface area (Å²) in [6.45, 7) is 0.199. The van der Waals surface area contributed by atoms with Crippen LogP contribution >= 0.6 is 0 Å². The topological polar surface area (TPSA) is 133 Å². The van der Waals surface area contributed by atoms with Crippen molar-refractivity contribution in [3.05, 3.63) is 41.6 Å². The number of aromatic nitrogens is 7. The molecule has 2 saturated heterocycles. The molecule has 14 heteroatoms. The molecule has 4 atom stereocenters. The van der Waals surface area contributed by atoms with E-state index in [1.165, 1.54) is 10.9 Å². The zero-order chi connectivity index (χ0) is 23.0. The van der Waals surface area contributed by atoms with Gasteiger partial charge in [0.1, 0.15) is 18.4 Å². The lowest BCUT2D eigenvalue weighted by Crippen LogP contribution is -2.57. The van der Waals surface area contributed by atoms with Crippen molar-refractivity contribution >= 4 is 0 Å². The van der Waals surface area contributed by atoms with E-state index in [-0.39, 0.29) is 24.5 Å². The van der Waals surface area contributed by atoms with Crippen LogP contribution in [-0.4, -0.2) is 71.9 Å². The van der Waals surface area contributed by atoms with E-state index in [0.29, 0.717) is 25.3 Å². The van der Waals surface area contributed by atoms with Crippen LogP contribution in [0.15, 0.2) is 18.3 Å². The molecule has 2 N–H and O–H groups in total. The van der Waals surface area contributed by atoms with E-state index in [9.17, 15) is 18.3 Å². The van der Waals surface area contributed by atoms with E-state index in [2.05, 4.69) is 30.9 Å². The predicted molar refractivity (Wildman–Crippen MR) is 102 cm³/mol. The Morgan fingerprint density at radius 1 is 1.24 bits per heavy atom. The maximum atomic E-state index is 13.7. The lowest BCUT2D eigenvalue weighted by Gasteiger charge is -2.46. The van der Waals surface area contributed by atoms with Crippen LogP contribution in [0.3, 0.4) is 0 Å². The van der Waals surface area contributed by atoms with Crippen molar-refractivity contribution in [1.82, 2.24) is 35.6 Å². The third-order valence-electron chi connectivity index (χ3n) is 5.78. The predicted octanol–water partition coefficient (Wildman–Crippen LogP) is 1.29. The highest BCUT2D eigenvalue weighted by atomic mass is 19.2. The highest BCUT2D eigenvalue weighted by Gasteiger charge is 2.54. The van der Waals surface area contributed by atoms with Crippen LogP contribution < -0.4 is 0 Å². The Morgan fingerprint density at radius 3 is 2.73 bits per heavy atom. The lowest BCUT2D eigenvalue weighted by molar-refractivity contribution is -0.327. The summed E-state index contributed by atoms with van der Waals surface area (Å²) >= 11 is 0. The molecule has 0 amide bonds. The number of ether oxygens (including phenoxy) is 3. The molecular weight excluding hydrogens is 447 g/mol. The molecule has 2 aliphatic heterocycles. The molecule has 4 heterocycles. The van der Waals surface area contributed by atoms with Gasteiger partial charge in [0.05, 0.1) is 31.6 Å². The summed E-state index contributed by atoms with van der Waals surface area (Å²) in [6, 6.07) is 1.18. The first-order chi connectivity index (χ1) is 16.0. The van der Waals surface area contributed by atoms with Crippen molar-refractivity contribution in [2.24, 2.45) is 0 Å². The smallest absolute Gasteiger partial charge is 0.200 e. The van der Waals surface area contributed by atoms with Gasteiger partial charge in [0, 0.05) is 18.4 Å². The van der Waals surface area contributed by atoms with Crippen LogP contribution in [0.4, 0.5) is 13.2 Å². The highest BCUT2D eigenvalue weighted by molar-refractivity contribution is 5.57. The summed E-state index contributed by atoms with van der Waals surface area (Å²) in [5.41, 5.74) is 0.165. The molecule has 3 aromatic rings. The van der Waals surface area contributed by atoms with Crippen molar-refractivity contribution in [1.29, 1.82) is 0 Å². The largest absolute Gasteiger partial charge is 0.394 e. The van der Waals surface area contributed by atoms with E-state index >= 15 is 0 Å². The fourth-order valence-corrected chi connectivity index (χ4v) is 4.32. The monoisotopic (exact) mass is 467 g/mol. The van der Waals surface area contributed by atoms with E-state index in [1.807, 2.05) is 0 Å². The van der Waals surface area contributed by atoms with Gasteiger partial charge in [0.2, 0.25) is 0 Å². The average Bonchev–Trinajstić information content (AvgIpc) is 3.58. The minimum Gasteiger partial charge on any atom is -0.394 e. The maximum Gasteiger partial charge on any atom is 0.200 e. The first kappa shape index (κ1) is 21.9. The first-order valence-electron chi connectivity index (χ1n) is 10.3. The molecule has 11 nitrogen and oxygen atoms in total. The van der Waals surface area contributed by atoms with Crippen LogP contribution in [0.1, 0.15) is 31.1 Å². The van der Waals surface area contributed by atoms with Gasteiger partial charge in [-0.1, -0.05) is 10.4 Å². The fraction of sp³-hybridized carbons (Fsp3) is 0.526. The average molecular weight is 467 g/mol. The van der Waals surface area contributed by atoms with Gasteiger partial charge in [0.25, 0.3) is 0 Å². The van der Waals surface area contributed by atoms with E-state index in [1.54, 1.807) is 0 Å². The number of halogens is 3. The quantitative estimate of drug-likeness (QED) is 0.515. The molecule has 2 aromatic heterocycles. The normalized spacial score (nSPS) is 27.5. The zero-order valence-electron chi connectivity index (χ0n) is 17.2. The second kappa shape index (κ2) is 8.78. The van der Waals surface area contributed by atoms with Gasteiger partial charge < -0.3 is 19.3 Å². The molecule has 33 heavy (non-hydrogen) atoms. The molecule has 0 aliphatic carbocycles. The van der Waals surface area contributed by atoms with Gasteiger partial charge in [-0.2, -0.15) is 5.21 Å². The number of hydrogen-bond donors (Lipinski definition) is 2. The molecule has 0 radical (unpaired) electrons. The van der Waals surface area contributed by atoms with E-state index < -0.39 is 41.5 Å². The standard InChI is InChI=1S/C19H20F3N7O4/c20-12-4-10(5-13(21)17(12)22)14-7-29(28-23-14)15-6-11(8-30)33-19(2-1-3-32-19)18(15)31-9-16-24-26-27-25-16/h4-5,7,11,15,18,30H,1-3,6,8-9H2,(H,24,25,26,27)/t11-,15+,18-,19+/m1/s1. The minimum atomic E-state index is -1.56. The van der Waals surface area contributed by atoms with Crippen molar-refractivity contribution in [3.63, 3.8) is 0 Å². The van der Waals surface area contributed by atoms with Crippen LogP contribution in [0.2, 0.25) is 0 Å². The summed E-state index contributed by atoms with van der Waals surface area (Å²) in [5, 5.41) is 31.6. The van der Waals surface area contributed by atoms with Crippen molar-refractivity contribution in [2.45, 2.75) is 49.9 Å². The van der Waals surface area contributed by atoms with E-state index in [4.69, 9.17) is 14.2 Å². The lowest BCUT2D eigenvalue weighted by atomic mass is 9.90. The number of nitrogens with zero attached hydrogens (tertiary/aromatic N) is 6. The second-order valence-corrected chi connectivity index (χ2v) is 7.89. The van der Waals surface area contributed by atoms with Gasteiger partial charge in [0.15, 0.2) is 29.1 Å². The highest BCUT2D eigenvalue weighted by Crippen LogP contribution is 2.44. The zero-order valence-corrected chi connectivity index (χ0v) is 17.2. The van der Waals surface area contributed by atoms with Gasteiger partial charge >= 0.3 is 0 Å². The molecular formula is C19H20F3N7O4. The van der Waals surface area contributed by atoms with Gasteiger partial charge in [-0.3, -0.25) is 0 Å². The Bertz CT molecular complexity index is 1080. The number of H-pyrrole nitrogens is 1. The molecule has 0 unspecified atom stereocenters. The molecule has 0 bridgehead atoms. The number of aliphatic hydroxyl groups excluding tert-OH is 1. The summed E-state index contributed by atoms with van der Waals surface area (Å²) in [7, 11) is 0. The Hall–Kier alpha value is -2.94. The number of benzene rings is 1. The van der Waals surface area contributed by atoms with Crippen LogP contribution in [0, 0.1) is 17.5 Å². The molecule has 1 aromatic carbocycles. The Labute approximate surface area is 184 Å². The third-order valence-corrected chi connectivity index (χ3v) is 5.78. The summed E-state index contributed by atoms with van der Waals surface area (Å²) in [4.78, 5) is 0. The number of rotatable bonds is 6.